The molecule has 27 heavy (non-hydrogen) atoms. The van der Waals surface area contributed by atoms with Gasteiger partial charge in [-0.25, -0.2) is 0 Å². The molecule has 0 amide bonds. The molecule has 1 heterocycles. The molecule has 0 unspecified atom stereocenters. The second-order valence-corrected chi connectivity index (χ2v) is 10.3. The molecule has 148 valence electrons. The highest BCUT2D eigenvalue weighted by molar-refractivity contribution is 5.20. The van der Waals surface area contributed by atoms with Crippen molar-refractivity contribution in [2.45, 2.75) is 70.0 Å². The van der Waals surface area contributed by atoms with Gasteiger partial charge in [0.05, 0.1) is 12.6 Å². The van der Waals surface area contributed by atoms with E-state index in [9.17, 15) is 5.11 Å². The Morgan fingerprint density at radius 1 is 1.07 bits per heavy atom. The summed E-state index contributed by atoms with van der Waals surface area (Å²) < 4.78 is 0. The molecule has 1 saturated heterocycles. The Balaban J connectivity index is 1.22. The molecule has 3 atom stereocenters. The van der Waals surface area contributed by atoms with Gasteiger partial charge >= 0.3 is 0 Å². The van der Waals surface area contributed by atoms with Crippen LogP contribution in [-0.4, -0.2) is 41.8 Å². The summed E-state index contributed by atoms with van der Waals surface area (Å²) in [6.45, 7) is 4.88. The molecule has 6 rings (SSSR count). The van der Waals surface area contributed by atoms with Crippen molar-refractivity contribution in [3.63, 3.8) is 0 Å². The van der Waals surface area contributed by atoms with Crippen LogP contribution in [-0.2, 0) is 0 Å². The minimum Gasteiger partial charge on any atom is -0.394 e. The van der Waals surface area contributed by atoms with Crippen LogP contribution in [0.25, 0.3) is 0 Å². The average Bonchev–Trinajstić information content (AvgIpc) is 3.01. The summed E-state index contributed by atoms with van der Waals surface area (Å²) in [5.41, 5.74) is 1.85. The van der Waals surface area contributed by atoms with Crippen molar-refractivity contribution in [3.05, 3.63) is 35.9 Å². The first-order valence-corrected chi connectivity index (χ1v) is 11.3. The van der Waals surface area contributed by atoms with Crippen LogP contribution < -0.4 is 5.32 Å². The topological polar surface area (TPSA) is 35.5 Å². The van der Waals surface area contributed by atoms with Crippen molar-refractivity contribution in [2.24, 2.45) is 23.2 Å². The molecule has 3 heteroatoms. The monoisotopic (exact) mass is 368 g/mol. The lowest BCUT2D eigenvalue weighted by atomic mass is 9.49. The van der Waals surface area contributed by atoms with Gasteiger partial charge in [0.1, 0.15) is 0 Å². The highest BCUT2D eigenvalue weighted by Gasteiger charge is 2.51. The van der Waals surface area contributed by atoms with E-state index in [0.717, 1.165) is 24.3 Å². The second kappa shape index (κ2) is 7.17. The molecule has 4 aliphatic carbocycles. The molecular weight excluding hydrogens is 332 g/mol. The van der Waals surface area contributed by atoms with Crippen molar-refractivity contribution >= 4 is 0 Å². The van der Waals surface area contributed by atoms with E-state index in [2.05, 4.69) is 47.5 Å². The van der Waals surface area contributed by atoms with Crippen LogP contribution in [0, 0.1) is 23.2 Å². The molecule has 4 saturated carbocycles. The van der Waals surface area contributed by atoms with Gasteiger partial charge in [0.25, 0.3) is 0 Å². The number of likely N-dealkylation sites (tertiary alicyclic amines) is 1. The fourth-order valence-corrected chi connectivity index (χ4v) is 7.61. The van der Waals surface area contributed by atoms with Crippen molar-refractivity contribution < 1.29 is 5.11 Å². The lowest BCUT2D eigenvalue weighted by molar-refractivity contribution is -0.0529. The Labute approximate surface area is 164 Å². The van der Waals surface area contributed by atoms with Gasteiger partial charge in [-0.3, -0.25) is 4.90 Å². The molecule has 1 aromatic rings. The van der Waals surface area contributed by atoms with Gasteiger partial charge in [0.15, 0.2) is 0 Å². The lowest BCUT2D eigenvalue weighted by Crippen LogP contribution is -2.53. The van der Waals surface area contributed by atoms with Crippen LogP contribution in [0.2, 0.25) is 0 Å². The number of nitrogens with zero attached hydrogens (tertiary/aromatic N) is 1. The van der Waals surface area contributed by atoms with Crippen LogP contribution in [0.4, 0.5) is 0 Å². The maximum absolute atomic E-state index is 10.1. The Kier molecular flexibility index (Phi) is 4.82. The van der Waals surface area contributed by atoms with Gasteiger partial charge < -0.3 is 10.4 Å². The summed E-state index contributed by atoms with van der Waals surface area (Å²) in [4.78, 5) is 2.52. The van der Waals surface area contributed by atoms with Crippen molar-refractivity contribution in [2.75, 3.05) is 19.7 Å². The predicted octanol–water partition coefficient (Wildman–Crippen LogP) is 3.99. The van der Waals surface area contributed by atoms with Gasteiger partial charge in [0.2, 0.25) is 0 Å². The van der Waals surface area contributed by atoms with Gasteiger partial charge in [-0.05, 0) is 80.6 Å². The normalized spacial score (nSPS) is 41.9. The zero-order valence-electron chi connectivity index (χ0n) is 16.8. The van der Waals surface area contributed by atoms with E-state index in [0.29, 0.717) is 17.5 Å². The maximum Gasteiger partial charge on any atom is 0.0628 e. The summed E-state index contributed by atoms with van der Waals surface area (Å²) in [5, 5.41) is 14.1. The average molecular weight is 369 g/mol. The van der Waals surface area contributed by atoms with Gasteiger partial charge in [0, 0.05) is 25.2 Å². The predicted molar refractivity (Wildman–Crippen MR) is 109 cm³/mol. The van der Waals surface area contributed by atoms with E-state index < -0.39 is 0 Å². The molecular formula is C24H36N2O. The first-order valence-electron chi connectivity index (χ1n) is 11.3. The molecule has 5 aliphatic rings. The van der Waals surface area contributed by atoms with Gasteiger partial charge in [-0.15, -0.1) is 0 Å². The third-order valence-electron chi connectivity index (χ3n) is 8.47. The van der Waals surface area contributed by atoms with E-state index in [1.807, 2.05) is 0 Å². The van der Waals surface area contributed by atoms with Crippen molar-refractivity contribution in [1.29, 1.82) is 0 Å². The molecule has 0 radical (unpaired) electrons. The van der Waals surface area contributed by atoms with Crippen molar-refractivity contribution in [1.82, 2.24) is 10.2 Å². The van der Waals surface area contributed by atoms with Crippen LogP contribution in [0.1, 0.15) is 63.5 Å². The summed E-state index contributed by atoms with van der Waals surface area (Å²) >= 11 is 0. The smallest absolute Gasteiger partial charge is 0.0628 e. The Hall–Kier alpha value is -0.900. The number of nitrogens with one attached hydrogen (secondary N) is 1. The number of rotatable bonds is 6. The molecule has 4 bridgehead atoms. The number of hydrogen-bond donors (Lipinski definition) is 2. The molecule has 0 aromatic heterocycles. The molecule has 5 fully saturated rings. The van der Waals surface area contributed by atoms with Crippen LogP contribution in [0.5, 0.6) is 0 Å². The summed E-state index contributed by atoms with van der Waals surface area (Å²) in [6, 6.07) is 11.7. The third-order valence-corrected chi connectivity index (χ3v) is 8.47. The largest absolute Gasteiger partial charge is 0.394 e. The Morgan fingerprint density at radius 3 is 2.30 bits per heavy atom. The number of aliphatic hydroxyl groups excluding tert-OH is 1. The first-order chi connectivity index (χ1) is 13.2. The summed E-state index contributed by atoms with van der Waals surface area (Å²) in [5.74, 6) is 3.10. The lowest BCUT2D eigenvalue weighted by Gasteiger charge is -2.57. The second-order valence-electron chi connectivity index (χ2n) is 10.3. The van der Waals surface area contributed by atoms with Crippen LogP contribution in [0.3, 0.4) is 0 Å². The Morgan fingerprint density at radius 2 is 1.70 bits per heavy atom. The van der Waals surface area contributed by atoms with E-state index in [1.165, 1.54) is 57.1 Å². The van der Waals surface area contributed by atoms with Gasteiger partial charge in [-0.1, -0.05) is 30.3 Å². The number of benzene rings is 1. The number of aliphatic hydroxyl groups is 1. The summed E-state index contributed by atoms with van der Waals surface area (Å²) in [7, 11) is 0. The molecule has 1 aromatic carbocycles. The highest BCUT2D eigenvalue weighted by atomic mass is 16.3. The van der Waals surface area contributed by atoms with Crippen molar-refractivity contribution in [3.8, 4) is 0 Å². The summed E-state index contributed by atoms with van der Waals surface area (Å²) in [6.07, 6.45) is 10.3. The number of hydrogen-bond acceptors (Lipinski definition) is 3. The Bertz CT molecular complexity index is 610. The zero-order chi connectivity index (χ0) is 18.4. The quantitative estimate of drug-likeness (QED) is 0.797. The first kappa shape index (κ1) is 18.1. The maximum atomic E-state index is 10.1. The zero-order valence-corrected chi connectivity index (χ0v) is 16.8. The van der Waals surface area contributed by atoms with E-state index in [1.54, 1.807) is 0 Å². The SMILES string of the molecule is C[C@H]1[C@H](NCC23CC4CC(CC(C4)C2)C3)CCN1[C@H](CO)c1ccccc1. The van der Waals surface area contributed by atoms with E-state index in [4.69, 9.17) is 0 Å². The molecule has 2 N–H and O–H groups in total. The molecule has 0 spiro atoms. The van der Waals surface area contributed by atoms with E-state index in [-0.39, 0.29) is 12.6 Å². The van der Waals surface area contributed by atoms with Crippen LogP contribution >= 0.6 is 0 Å². The molecule has 3 nitrogen and oxygen atoms in total. The minimum absolute atomic E-state index is 0.132. The fourth-order valence-electron chi connectivity index (χ4n) is 7.61. The van der Waals surface area contributed by atoms with Crippen LogP contribution in [0.15, 0.2) is 30.3 Å². The molecule has 1 aliphatic heterocycles. The van der Waals surface area contributed by atoms with Gasteiger partial charge in [-0.2, -0.15) is 0 Å². The fraction of sp³-hybridized carbons (Fsp3) is 0.750. The standard InChI is InChI=1S/C24H36N2O/c1-17-22(7-8-26(17)23(15-27)21-5-3-2-4-6-21)25-16-24-12-18-9-19(13-24)11-20(10-18)14-24/h2-6,17-20,22-23,25,27H,7-16H2,1H3/t17-,18?,19?,20?,22+,23+,24?/m0/s1. The third kappa shape index (κ3) is 3.36. The minimum atomic E-state index is 0.132. The van der Waals surface area contributed by atoms with E-state index >= 15 is 0 Å². The highest BCUT2D eigenvalue weighted by Crippen LogP contribution is 2.59.